The summed E-state index contributed by atoms with van der Waals surface area (Å²) in [6, 6.07) is 18.9. The van der Waals surface area contributed by atoms with Gasteiger partial charge in [0.2, 0.25) is 5.95 Å². The number of aromatic nitrogens is 2. The number of nitrogens with zero attached hydrogens (tertiary/aromatic N) is 3. The molecule has 2 heterocycles. The van der Waals surface area contributed by atoms with Crippen molar-refractivity contribution in [2.45, 2.75) is 32.9 Å². The van der Waals surface area contributed by atoms with Crippen LogP contribution in [0.5, 0.6) is 5.75 Å². The number of hydrogen-bond acceptors (Lipinski definition) is 5. The number of rotatable bonds is 1. The van der Waals surface area contributed by atoms with Crippen molar-refractivity contribution in [3.63, 3.8) is 0 Å². The van der Waals surface area contributed by atoms with Gasteiger partial charge in [-0.3, -0.25) is 4.90 Å². The summed E-state index contributed by atoms with van der Waals surface area (Å²) in [5, 5.41) is 3.35. The van der Waals surface area contributed by atoms with Crippen LogP contribution in [0, 0.1) is 0 Å². The van der Waals surface area contributed by atoms with Crippen molar-refractivity contribution in [3.05, 3.63) is 78.5 Å². The Hall–Kier alpha value is -3.18. The monoisotopic (exact) mass is 400 g/mol. The van der Waals surface area contributed by atoms with Gasteiger partial charge in [0.05, 0.1) is 12.3 Å². The van der Waals surface area contributed by atoms with E-state index >= 15 is 0 Å². The smallest absolute Gasteiger partial charge is 0.227 e. The lowest BCUT2D eigenvalue weighted by molar-refractivity contribution is 0.237. The van der Waals surface area contributed by atoms with Crippen LogP contribution in [0.2, 0.25) is 0 Å². The summed E-state index contributed by atoms with van der Waals surface area (Å²) in [5.74, 6) is 1.44. The van der Waals surface area contributed by atoms with Crippen molar-refractivity contribution in [1.82, 2.24) is 14.9 Å². The van der Waals surface area contributed by atoms with Crippen molar-refractivity contribution in [2.24, 2.45) is 0 Å². The summed E-state index contributed by atoms with van der Waals surface area (Å²) < 4.78 is 5.95. The molecule has 5 heteroatoms. The van der Waals surface area contributed by atoms with E-state index in [4.69, 9.17) is 9.72 Å². The van der Waals surface area contributed by atoms with Crippen LogP contribution in [0.25, 0.3) is 11.3 Å². The minimum Gasteiger partial charge on any atom is -0.493 e. The highest BCUT2D eigenvalue weighted by Crippen LogP contribution is 2.24. The predicted molar refractivity (Wildman–Crippen MR) is 122 cm³/mol. The molecule has 0 saturated heterocycles. The molecule has 0 unspecified atom stereocenters. The van der Waals surface area contributed by atoms with E-state index in [0.29, 0.717) is 18.6 Å². The molecule has 4 rings (SSSR count). The zero-order valence-corrected chi connectivity index (χ0v) is 17.6. The number of fused-ring (bicyclic) bond motifs is 7. The number of benzene rings is 2. The van der Waals surface area contributed by atoms with Crippen LogP contribution in [-0.4, -0.2) is 34.1 Å². The summed E-state index contributed by atoms with van der Waals surface area (Å²) in [5.41, 5.74) is 4.12. The number of ether oxygens (including phenoxy) is 1. The lowest BCUT2D eigenvalue weighted by Crippen LogP contribution is -2.30. The molecule has 2 aromatic carbocycles. The van der Waals surface area contributed by atoms with E-state index in [9.17, 15) is 0 Å². The van der Waals surface area contributed by atoms with Crippen molar-refractivity contribution in [3.8, 4) is 17.0 Å². The van der Waals surface area contributed by atoms with Crippen molar-refractivity contribution in [1.29, 1.82) is 0 Å². The van der Waals surface area contributed by atoms with Gasteiger partial charge < -0.3 is 10.1 Å². The zero-order chi connectivity index (χ0) is 20.8. The molecule has 154 valence electrons. The number of hydrogen-bond donors (Lipinski definition) is 1. The topological polar surface area (TPSA) is 50.3 Å². The van der Waals surface area contributed by atoms with E-state index < -0.39 is 0 Å². The molecule has 0 fully saturated rings. The Kier molecular flexibility index (Phi) is 6.40. The molecule has 0 saturated carbocycles. The molecule has 1 aromatic heterocycles. The van der Waals surface area contributed by atoms with Gasteiger partial charge >= 0.3 is 0 Å². The Morgan fingerprint density at radius 3 is 2.83 bits per heavy atom. The highest BCUT2D eigenvalue weighted by atomic mass is 16.5. The SMILES string of the molecule is CC(C)N1C/C=C/CCOc2cccc(c2)-c2ccnc(n2)Nc2cccc(c2)C1. The molecule has 0 spiro atoms. The van der Waals surface area contributed by atoms with Gasteiger partial charge in [-0.1, -0.05) is 36.4 Å². The van der Waals surface area contributed by atoms with Gasteiger partial charge in [-0.2, -0.15) is 0 Å². The Balaban J connectivity index is 1.67. The fourth-order valence-electron chi connectivity index (χ4n) is 3.47. The van der Waals surface area contributed by atoms with Gasteiger partial charge in [0.1, 0.15) is 5.75 Å². The Labute approximate surface area is 178 Å². The summed E-state index contributed by atoms with van der Waals surface area (Å²) in [4.78, 5) is 11.6. The van der Waals surface area contributed by atoms with Crippen molar-refractivity contribution >= 4 is 11.6 Å². The third-order valence-corrected chi connectivity index (χ3v) is 5.14. The second-order valence-electron chi connectivity index (χ2n) is 7.75. The van der Waals surface area contributed by atoms with Crippen LogP contribution < -0.4 is 10.1 Å². The quantitative estimate of drug-likeness (QED) is 0.552. The molecule has 0 radical (unpaired) electrons. The number of nitrogens with one attached hydrogen (secondary N) is 1. The first kappa shape index (κ1) is 20.1. The Morgan fingerprint density at radius 2 is 1.93 bits per heavy atom. The summed E-state index contributed by atoms with van der Waals surface area (Å²) in [6.07, 6.45) is 7.11. The van der Waals surface area contributed by atoms with Crippen LogP contribution in [-0.2, 0) is 6.54 Å². The summed E-state index contributed by atoms with van der Waals surface area (Å²) in [7, 11) is 0. The normalized spacial score (nSPS) is 16.1. The van der Waals surface area contributed by atoms with E-state index in [1.54, 1.807) is 6.20 Å². The van der Waals surface area contributed by atoms with Crippen LogP contribution in [0.3, 0.4) is 0 Å². The molecule has 0 aliphatic carbocycles. The molecular weight excluding hydrogens is 372 g/mol. The maximum atomic E-state index is 5.95. The maximum absolute atomic E-state index is 5.95. The summed E-state index contributed by atoms with van der Waals surface area (Å²) in [6.45, 7) is 6.92. The second-order valence-corrected chi connectivity index (χ2v) is 7.75. The summed E-state index contributed by atoms with van der Waals surface area (Å²) >= 11 is 0. The highest BCUT2D eigenvalue weighted by Gasteiger charge is 2.10. The second kappa shape index (κ2) is 9.55. The van der Waals surface area contributed by atoms with Crippen LogP contribution in [0.15, 0.2) is 72.9 Å². The molecule has 3 aromatic rings. The third kappa shape index (κ3) is 5.24. The average molecular weight is 401 g/mol. The average Bonchev–Trinajstić information content (AvgIpc) is 2.75. The van der Waals surface area contributed by atoms with E-state index in [1.807, 2.05) is 36.4 Å². The largest absolute Gasteiger partial charge is 0.493 e. The first-order valence-corrected chi connectivity index (χ1v) is 10.5. The lowest BCUT2D eigenvalue weighted by Gasteiger charge is -2.25. The first-order chi connectivity index (χ1) is 14.7. The number of anilines is 2. The molecule has 1 aliphatic rings. The molecule has 30 heavy (non-hydrogen) atoms. The molecule has 0 amide bonds. The fourth-order valence-corrected chi connectivity index (χ4v) is 3.47. The van der Waals surface area contributed by atoms with Gasteiger partial charge in [-0.25, -0.2) is 9.97 Å². The van der Waals surface area contributed by atoms with Gasteiger partial charge in [0.25, 0.3) is 0 Å². The fraction of sp³-hybridized carbons (Fsp3) is 0.280. The van der Waals surface area contributed by atoms with E-state index in [1.165, 1.54) is 5.56 Å². The maximum Gasteiger partial charge on any atom is 0.227 e. The highest BCUT2D eigenvalue weighted by molar-refractivity contribution is 5.63. The standard InChI is InChI=1S/C25H28N4O/c1-19(2)29-14-4-3-5-15-30-23-11-7-9-21(17-23)24-12-13-26-25(28-24)27-22-10-6-8-20(16-22)18-29/h3-4,6-13,16-17,19H,5,14-15,18H2,1-2H3,(H,26,27,28)/b4-3+. The minimum atomic E-state index is 0.455. The van der Waals surface area contributed by atoms with Gasteiger partial charge in [0.15, 0.2) is 0 Å². The lowest BCUT2D eigenvalue weighted by atomic mass is 10.1. The molecular formula is C25H28N4O. The molecule has 1 N–H and O–H groups in total. The van der Waals surface area contributed by atoms with E-state index in [0.717, 1.165) is 42.2 Å². The molecule has 1 aliphatic heterocycles. The first-order valence-electron chi connectivity index (χ1n) is 10.5. The molecule has 0 atom stereocenters. The third-order valence-electron chi connectivity index (χ3n) is 5.14. The van der Waals surface area contributed by atoms with E-state index in [2.05, 4.69) is 59.4 Å². The molecule has 5 nitrogen and oxygen atoms in total. The zero-order valence-electron chi connectivity index (χ0n) is 17.6. The Bertz CT molecular complexity index is 1020. The van der Waals surface area contributed by atoms with Crippen LogP contribution in [0.4, 0.5) is 11.6 Å². The van der Waals surface area contributed by atoms with E-state index in [-0.39, 0.29) is 0 Å². The van der Waals surface area contributed by atoms with Crippen LogP contribution >= 0.6 is 0 Å². The van der Waals surface area contributed by atoms with Crippen LogP contribution in [0.1, 0.15) is 25.8 Å². The van der Waals surface area contributed by atoms with Gasteiger partial charge in [-0.05, 0) is 56.2 Å². The predicted octanol–water partition coefficient (Wildman–Crippen LogP) is 5.44. The minimum absolute atomic E-state index is 0.455. The van der Waals surface area contributed by atoms with Gasteiger partial charge in [-0.15, -0.1) is 0 Å². The van der Waals surface area contributed by atoms with Crippen molar-refractivity contribution in [2.75, 3.05) is 18.5 Å². The Morgan fingerprint density at radius 1 is 1.03 bits per heavy atom. The molecule has 6 bridgehead atoms. The van der Waals surface area contributed by atoms with Gasteiger partial charge in [0, 0.05) is 36.6 Å². The van der Waals surface area contributed by atoms with Crippen molar-refractivity contribution < 1.29 is 4.74 Å².